The maximum absolute atomic E-state index is 12.0. The minimum absolute atomic E-state index is 0.0252. The average Bonchev–Trinajstić information content (AvgIpc) is 2.42. The van der Waals surface area contributed by atoms with Gasteiger partial charge in [0, 0.05) is 11.5 Å². The lowest BCUT2D eigenvalue weighted by Crippen LogP contribution is -2.21. The molecule has 0 radical (unpaired) electrons. The summed E-state index contributed by atoms with van der Waals surface area (Å²) in [7, 11) is 0. The minimum Gasteiger partial charge on any atom is -0.293 e. The fourth-order valence-corrected chi connectivity index (χ4v) is 1.61. The number of Topliss-reactive ketones (excluding diaryl/α,β-unsaturated/α-hetero) is 1. The number of hydrogen-bond acceptors (Lipinski definition) is 4. The molecule has 0 saturated heterocycles. The number of carbonyl (C=O) groups excluding carboxylic acids is 1. The molecule has 0 fully saturated rings. The number of allylic oxidation sites excluding steroid dienone is 3. The number of nitro benzene ring substituents is 1. The SMILES string of the molecule is CC(C)(C)C(=O)C(C#N)=CC=Cc1ccccc1[N+](=O)[O-]. The molecule has 1 rings (SSSR count). The summed E-state index contributed by atoms with van der Waals surface area (Å²) in [5, 5.41) is 19.9. The largest absolute Gasteiger partial charge is 0.293 e. The van der Waals surface area contributed by atoms with Crippen molar-refractivity contribution in [3.8, 4) is 6.07 Å². The maximum Gasteiger partial charge on any atom is 0.276 e. The van der Waals surface area contributed by atoms with Crippen molar-refractivity contribution in [3.05, 3.63) is 57.7 Å². The Labute approximate surface area is 123 Å². The van der Waals surface area contributed by atoms with Crippen molar-refractivity contribution in [1.29, 1.82) is 5.26 Å². The van der Waals surface area contributed by atoms with Crippen LogP contribution < -0.4 is 0 Å². The summed E-state index contributed by atoms with van der Waals surface area (Å²) in [6.07, 6.45) is 4.36. The van der Waals surface area contributed by atoms with Crippen LogP contribution in [0.3, 0.4) is 0 Å². The molecule has 0 aromatic heterocycles. The van der Waals surface area contributed by atoms with E-state index in [4.69, 9.17) is 5.26 Å². The first-order valence-electron chi connectivity index (χ1n) is 6.34. The fourth-order valence-electron chi connectivity index (χ4n) is 1.61. The van der Waals surface area contributed by atoms with Gasteiger partial charge in [0.05, 0.1) is 16.1 Å². The van der Waals surface area contributed by atoms with Crippen LogP contribution in [-0.4, -0.2) is 10.7 Å². The van der Waals surface area contributed by atoms with Crippen LogP contribution in [0.1, 0.15) is 26.3 Å². The predicted octanol–water partition coefficient (Wildman–Crippen LogP) is 3.67. The third kappa shape index (κ3) is 4.39. The quantitative estimate of drug-likeness (QED) is 0.277. The normalized spacial score (nSPS) is 12.2. The summed E-state index contributed by atoms with van der Waals surface area (Å²) in [6, 6.07) is 8.11. The molecule has 0 heterocycles. The Morgan fingerprint density at radius 1 is 1.33 bits per heavy atom. The van der Waals surface area contributed by atoms with Crippen LogP contribution in [0.4, 0.5) is 5.69 Å². The Kier molecular flexibility index (Phi) is 5.14. The minimum atomic E-state index is -0.645. The Bertz CT molecular complexity index is 659. The first-order valence-corrected chi connectivity index (χ1v) is 6.34. The zero-order valence-corrected chi connectivity index (χ0v) is 12.2. The van der Waals surface area contributed by atoms with Crippen LogP contribution in [-0.2, 0) is 4.79 Å². The van der Waals surface area contributed by atoms with E-state index in [1.807, 2.05) is 6.07 Å². The van der Waals surface area contributed by atoms with Crippen molar-refractivity contribution in [1.82, 2.24) is 0 Å². The Hall–Kier alpha value is -2.74. The van der Waals surface area contributed by atoms with Crippen molar-refractivity contribution < 1.29 is 9.72 Å². The van der Waals surface area contributed by atoms with Gasteiger partial charge in [-0.25, -0.2) is 0 Å². The number of ketones is 1. The van der Waals surface area contributed by atoms with Crippen molar-refractivity contribution in [2.45, 2.75) is 20.8 Å². The van der Waals surface area contributed by atoms with Crippen LogP contribution in [0.2, 0.25) is 0 Å². The van der Waals surface area contributed by atoms with Crippen molar-refractivity contribution in [2.75, 3.05) is 0 Å². The molecule has 0 saturated carbocycles. The smallest absolute Gasteiger partial charge is 0.276 e. The molecule has 0 unspecified atom stereocenters. The average molecular weight is 284 g/mol. The van der Waals surface area contributed by atoms with Gasteiger partial charge < -0.3 is 0 Å². The molecule has 0 spiro atoms. The number of rotatable bonds is 4. The van der Waals surface area contributed by atoms with Gasteiger partial charge in [-0.1, -0.05) is 39.0 Å². The van der Waals surface area contributed by atoms with Crippen molar-refractivity contribution >= 4 is 17.5 Å². The van der Waals surface area contributed by atoms with Gasteiger partial charge in [-0.3, -0.25) is 14.9 Å². The van der Waals surface area contributed by atoms with Crippen LogP contribution in [0.15, 0.2) is 42.0 Å². The van der Waals surface area contributed by atoms with Crippen LogP contribution in [0.25, 0.3) is 6.08 Å². The van der Waals surface area contributed by atoms with Gasteiger partial charge in [-0.05, 0) is 18.2 Å². The van der Waals surface area contributed by atoms with Crippen LogP contribution >= 0.6 is 0 Å². The van der Waals surface area contributed by atoms with Crippen LogP contribution in [0.5, 0.6) is 0 Å². The van der Waals surface area contributed by atoms with E-state index in [9.17, 15) is 14.9 Å². The van der Waals surface area contributed by atoms with E-state index in [0.717, 1.165) is 0 Å². The standard InChI is InChI=1S/C16H16N2O3/c1-16(2,3)15(19)13(11-17)9-6-8-12-7-4-5-10-14(12)18(20)21/h4-10H,1-3H3. The number of benzene rings is 1. The highest BCUT2D eigenvalue weighted by Gasteiger charge is 2.24. The van der Waals surface area contributed by atoms with Gasteiger partial charge in [0.25, 0.3) is 5.69 Å². The lowest BCUT2D eigenvalue weighted by molar-refractivity contribution is -0.385. The van der Waals surface area contributed by atoms with Crippen LogP contribution in [0, 0.1) is 26.9 Å². The highest BCUT2D eigenvalue weighted by atomic mass is 16.6. The molecular weight excluding hydrogens is 268 g/mol. The third-order valence-corrected chi connectivity index (χ3v) is 2.72. The second-order valence-corrected chi connectivity index (χ2v) is 5.45. The Morgan fingerprint density at radius 2 is 1.95 bits per heavy atom. The van der Waals surface area contributed by atoms with E-state index in [0.29, 0.717) is 5.56 Å². The predicted molar refractivity (Wildman–Crippen MR) is 80.3 cm³/mol. The second-order valence-electron chi connectivity index (χ2n) is 5.45. The Balaban J connectivity index is 3.06. The molecule has 0 aliphatic rings. The van der Waals surface area contributed by atoms with Gasteiger partial charge in [-0.2, -0.15) is 5.26 Å². The second kappa shape index (κ2) is 6.62. The van der Waals surface area contributed by atoms with E-state index in [-0.39, 0.29) is 17.0 Å². The number of nitro groups is 1. The summed E-state index contributed by atoms with van der Waals surface area (Å²) in [5.74, 6) is -0.266. The molecule has 21 heavy (non-hydrogen) atoms. The summed E-state index contributed by atoms with van der Waals surface area (Å²) in [4.78, 5) is 22.4. The van der Waals surface area contributed by atoms with Gasteiger partial charge in [0.1, 0.15) is 6.07 Å². The highest BCUT2D eigenvalue weighted by Crippen LogP contribution is 2.21. The zero-order valence-electron chi connectivity index (χ0n) is 12.2. The molecule has 1 aromatic rings. The highest BCUT2D eigenvalue weighted by molar-refractivity contribution is 6.02. The topological polar surface area (TPSA) is 84.0 Å². The lowest BCUT2D eigenvalue weighted by atomic mass is 9.86. The third-order valence-electron chi connectivity index (χ3n) is 2.72. The molecule has 0 amide bonds. The number of nitrogens with zero attached hydrogens (tertiary/aromatic N) is 2. The molecule has 0 aliphatic heterocycles. The van der Waals surface area contributed by atoms with Crippen molar-refractivity contribution in [3.63, 3.8) is 0 Å². The van der Waals surface area contributed by atoms with Gasteiger partial charge in [-0.15, -0.1) is 0 Å². The summed E-state index contributed by atoms with van der Waals surface area (Å²) in [6.45, 7) is 5.19. The summed E-state index contributed by atoms with van der Waals surface area (Å²) < 4.78 is 0. The molecule has 0 aliphatic carbocycles. The molecule has 0 bridgehead atoms. The van der Waals surface area contributed by atoms with Gasteiger partial charge in [0.2, 0.25) is 0 Å². The molecule has 0 N–H and O–H groups in total. The number of nitriles is 1. The monoisotopic (exact) mass is 284 g/mol. The fraction of sp³-hybridized carbons (Fsp3) is 0.250. The molecule has 1 aromatic carbocycles. The van der Waals surface area contributed by atoms with Gasteiger partial charge >= 0.3 is 0 Å². The molecule has 5 nitrogen and oxygen atoms in total. The van der Waals surface area contributed by atoms with Gasteiger partial charge in [0.15, 0.2) is 5.78 Å². The molecule has 5 heteroatoms. The molecule has 0 atom stereocenters. The maximum atomic E-state index is 12.0. The zero-order chi connectivity index (χ0) is 16.0. The molecule has 108 valence electrons. The number of para-hydroxylation sites is 1. The lowest BCUT2D eigenvalue weighted by Gasteiger charge is -2.14. The van der Waals surface area contributed by atoms with E-state index in [2.05, 4.69) is 0 Å². The first kappa shape index (κ1) is 16.3. The summed E-state index contributed by atoms with van der Waals surface area (Å²) >= 11 is 0. The molecular formula is C16H16N2O3. The van der Waals surface area contributed by atoms with E-state index in [1.54, 1.807) is 39.0 Å². The Morgan fingerprint density at radius 3 is 2.48 bits per heavy atom. The van der Waals surface area contributed by atoms with E-state index in [1.165, 1.54) is 24.3 Å². The summed E-state index contributed by atoms with van der Waals surface area (Å²) in [5.41, 5.74) is -0.229. The van der Waals surface area contributed by atoms with E-state index >= 15 is 0 Å². The number of carbonyl (C=O) groups is 1. The van der Waals surface area contributed by atoms with E-state index < -0.39 is 10.3 Å². The first-order chi connectivity index (χ1) is 9.77. The number of hydrogen-bond donors (Lipinski definition) is 0. The van der Waals surface area contributed by atoms with Crippen molar-refractivity contribution in [2.24, 2.45) is 5.41 Å².